The van der Waals surface area contributed by atoms with Crippen molar-refractivity contribution in [1.29, 1.82) is 0 Å². The average Bonchev–Trinajstić information content (AvgIpc) is 3.79. The molecule has 4 aromatic heterocycles. The van der Waals surface area contributed by atoms with Crippen molar-refractivity contribution in [3.8, 4) is 33.6 Å². The van der Waals surface area contributed by atoms with Gasteiger partial charge in [-0.1, -0.05) is 18.9 Å². The molecule has 12 heteroatoms. The summed E-state index contributed by atoms with van der Waals surface area (Å²) in [5, 5.41) is 23.3. The number of aliphatic hydroxyl groups excluding tert-OH is 1. The molecule has 0 amide bonds. The lowest BCUT2D eigenvalue weighted by Gasteiger charge is -2.20. The molecule has 0 aliphatic heterocycles. The van der Waals surface area contributed by atoms with Crippen molar-refractivity contribution in [2.24, 2.45) is 5.92 Å². The van der Waals surface area contributed by atoms with Gasteiger partial charge in [-0.3, -0.25) is 10.1 Å². The maximum Gasteiger partial charge on any atom is 0.209 e. The second kappa shape index (κ2) is 11.7. The first kappa shape index (κ1) is 29.1. The Bertz CT molecular complexity index is 2140. The van der Waals surface area contributed by atoms with E-state index in [1.54, 1.807) is 30.7 Å². The van der Waals surface area contributed by atoms with Crippen LogP contribution >= 0.6 is 0 Å². The van der Waals surface area contributed by atoms with E-state index in [2.05, 4.69) is 41.3 Å². The fourth-order valence-electron chi connectivity index (χ4n) is 6.17. The lowest BCUT2D eigenvalue weighted by molar-refractivity contribution is 0.137. The van der Waals surface area contributed by atoms with Gasteiger partial charge in [-0.2, -0.15) is 5.10 Å². The molecule has 10 nitrogen and oxygen atoms in total. The quantitative estimate of drug-likeness (QED) is 0.125. The summed E-state index contributed by atoms with van der Waals surface area (Å²) < 4.78 is 40.2. The largest absolute Gasteiger partial charge is 0.374 e. The van der Waals surface area contributed by atoms with Crippen LogP contribution in [0.5, 0.6) is 0 Å². The molecule has 1 atom stereocenters. The summed E-state index contributed by atoms with van der Waals surface area (Å²) in [6.45, 7) is -0.0204. The molecule has 1 unspecified atom stereocenters. The van der Waals surface area contributed by atoms with Crippen molar-refractivity contribution in [1.82, 2.24) is 29.9 Å². The summed E-state index contributed by atoms with van der Waals surface area (Å²) in [5.74, 6) is -0.212. The second-order valence-corrected chi connectivity index (χ2v) is 13.5. The Hall–Kier alpha value is -4.65. The van der Waals surface area contributed by atoms with Gasteiger partial charge in [0.1, 0.15) is 23.4 Å². The Morgan fingerprint density at radius 3 is 2.67 bits per heavy atom. The van der Waals surface area contributed by atoms with Crippen LogP contribution < -0.4 is 10.0 Å². The SMILES string of the molecule is CS(=O)(=O)NCc1cc(F)cc(-c2ccnc3[nH]c(-c4n[nH]c5ccc(-c6cncc(NC(O)C7CCCC7)c6)cc45)cc23)c1. The van der Waals surface area contributed by atoms with Gasteiger partial charge in [0.15, 0.2) is 0 Å². The van der Waals surface area contributed by atoms with E-state index in [9.17, 15) is 17.9 Å². The van der Waals surface area contributed by atoms with Crippen LogP contribution in [0.15, 0.2) is 73.2 Å². The minimum absolute atomic E-state index is 0.0204. The molecule has 0 saturated heterocycles. The lowest BCUT2D eigenvalue weighted by atomic mass is 10.0. The van der Waals surface area contributed by atoms with Gasteiger partial charge >= 0.3 is 0 Å². The highest BCUT2D eigenvalue weighted by Crippen LogP contribution is 2.36. The number of fused-ring (bicyclic) bond motifs is 2. The first-order valence-corrected chi connectivity index (χ1v) is 16.7. The normalized spacial score (nSPS) is 14.8. The first-order valence-electron chi connectivity index (χ1n) is 14.8. The Morgan fingerprint density at radius 2 is 1.84 bits per heavy atom. The maximum atomic E-state index is 14.6. The number of aliphatic hydroxyl groups is 1. The number of H-pyrrole nitrogens is 2. The molecule has 1 saturated carbocycles. The van der Waals surface area contributed by atoms with Gasteiger partial charge in [-0.15, -0.1) is 0 Å². The monoisotopic (exact) mass is 625 g/mol. The van der Waals surface area contributed by atoms with Gasteiger partial charge in [-0.25, -0.2) is 22.5 Å². The molecular formula is C33H32FN7O3S. The van der Waals surface area contributed by atoms with E-state index < -0.39 is 22.1 Å². The zero-order valence-corrected chi connectivity index (χ0v) is 25.3. The molecule has 4 heterocycles. The zero-order valence-electron chi connectivity index (χ0n) is 24.5. The summed E-state index contributed by atoms with van der Waals surface area (Å²) in [5.41, 5.74) is 7.37. The van der Waals surface area contributed by atoms with Crippen molar-refractivity contribution in [2.75, 3.05) is 11.6 Å². The van der Waals surface area contributed by atoms with Crippen molar-refractivity contribution >= 4 is 37.6 Å². The molecular weight excluding hydrogens is 593 g/mol. The van der Waals surface area contributed by atoms with Crippen molar-refractivity contribution < 1.29 is 17.9 Å². The number of benzene rings is 2. The number of nitrogens with one attached hydrogen (secondary N) is 4. The number of rotatable bonds is 9. The van der Waals surface area contributed by atoms with E-state index >= 15 is 0 Å². The average molecular weight is 626 g/mol. The van der Waals surface area contributed by atoms with E-state index in [0.29, 0.717) is 22.5 Å². The molecule has 1 aliphatic rings. The fourth-order valence-corrected chi connectivity index (χ4v) is 6.59. The van der Waals surface area contributed by atoms with E-state index in [4.69, 9.17) is 0 Å². The van der Waals surface area contributed by atoms with E-state index in [1.165, 1.54) is 12.1 Å². The number of nitrogens with zero attached hydrogens (tertiary/aromatic N) is 3. The molecule has 0 spiro atoms. The number of aromatic nitrogens is 5. The minimum Gasteiger partial charge on any atom is -0.374 e. The van der Waals surface area contributed by atoms with Crippen LogP contribution in [0.2, 0.25) is 0 Å². The number of aromatic amines is 2. The first-order chi connectivity index (χ1) is 21.7. The van der Waals surface area contributed by atoms with Gasteiger partial charge in [0, 0.05) is 41.2 Å². The Balaban J connectivity index is 1.22. The molecule has 7 rings (SSSR count). The molecule has 1 aliphatic carbocycles. The number of sulfonamides is 1. The Kier molecular flexibility index (Phi) is 7.56. The van der Waals surface area contributed by atoms with Crippen molar-refractivity contribution in [3.05, 3.63) is 84.6 Å². The third kappa shape index (κ3) is 6.17. The smallest absolute Gasteiger partial charge is 0.209 e. The standard InChI is InChI=1S/C33H32FN7O3S/c1-45(43,44)37-16-19-10-22(12-24(34)11-19)26-8-9-36-32-27(26)15-30(39-32)31-28-14-21(6-7-29(28)40-41-31)23-13-25(18-35-17-23)38-33(42)20-4-2-3-5-20/h6-15,17-18,20,33,37-38,42H,2-5,16H2,1H3,(H,36,39)(H,40,41). The molecule has 0 bridgehead atoms. The summed E-state index contributed by atoms with van der Waals surface area (Å²) in [6, 6.07) is 16.3. The van der Waals surface area contributed by atoms with Gasteiger partial charge < -0.3 is 15.4 Å². The van der Waals surface area contributed by atoms with Gasteiger partial charge in [0.25, 0.3) is 0 Å². The van der Waals surface area contributed by atoms with Crippen LogP contribution in [-0.2, 0) is 16.6 Å². The van der Waals surface area contributed by atoms with E-state index in [1.807, 2.05) is 24.3 Å². The minimum atomic E-state index is -3.43. The predicted octanol–water partition coefficient (Wildman–Crippen LogP) is 5.94. The highest BCUT2D eigenvalue weighted by Gasteiger charge is 2.23. The van der Waals surface area contributed by atoms with Crippen LogP contribution in [0.3, 0.4) is 0 Å². The predicted molar refractivity (Wildman–Crippen MR) is 173 cm³/mol. The molecule has 1 fully saturated rings. The summed E-state index contributed by atoms with van der Waals surface area (Å²) >= 11 is 0. The number of halogens is 1. The van der Waals surface area contributed by atoms with E-state index in [0.717, 1.165) is 76.3 Å². The van der Waals surface area contributed by atoms with Crippen LogP contribution in [0.25, 0.3) is 55.6 Å². The number of hydrogen-bond acceptors (Lipinski definition) is 7. The molecule has 230 valence electrons. The number of anilines is 1. The third-order valence-corrected chi connectivity index (χ3v) is 9.06. The van der Waals surface area contributed by atoms with Crippen LogP contribution in [0.1, 0.15) is 31.2 Å². The van der Waals surface area contributed by atoms with Crippen LogP contribution in [0, 0.1) is 11.7 Å². The van der Waals surface area contributed by atoms with Crippen molar-refractivity contribution in [2.45, 2.75) is 38.5 Å². The third-order valence-electron chi connectivity index (χ3n) is 8.39. The fraction of sp³-hybridized carbons (Fsp3) is 0.242. The Morgan fingerprint density at radius 1 is 1.00 bits per heavy atom. The van der Waals surface area contributed by atoms with Gasteiger partial charge in [0.2, 0.25) is 10.0 Å². The maximum absolute atomic E-state index is 14.6. The highest BCUT2D eigenvalue weighted by molar-refractivity contribution is 7.88. The molecule has 6 aromatic rings. The van der Waals surface area contributed by atoms with Gasteiger partial charge in [-0.05, 0) is 83.6 Å². The zero-order chi connectivity index (χ0) is 31.1. The lowest BCUT2D eigenvalue weighted by Crippen LogP contribution is -2.26. The van der Waals surface area contributed by atoms with Crippen LogP contribution in [-0.4, -0.2) is 51.2 Å². The molecule has 5 N–H and O–H groups in total. The van der Waals surface area contributed by atoms with Crippen molar-refractivity contribution in [3.63, 3.8) is 0 Å². The molecule has 45 heavy (non-hydrogen) atoms. The summed E-state index contributed by atoms with van der Waals surface area (Å²) in [6.07, 6.45) is 9.99. The second-order valence-electron chi connectivity index (χ2n) is 11.7. The molecule has 0 radical (unpaired) electrons. The Labute approximate surface area is 259 Å². The summed E-state index contributed by atoms with van der Waals surface area (Å²) in [7, 11) is -3.43. The number of hydrogen-bond donors (Lipinski definition) is 5. The summed E-state index contributed by atoms with van der Waals surface area (Å²) in [4.78, 5) is 12.3. The highest BCUT2D eigenvalue weighted by atomic mass is 32.2. The number of pyridine rings is 2. The van der Waals surface area contributed by atoms with E-state index in [-0.39, 0.29) is 12.5 Å². The topological polar surface area (TPSA) is 149 Å². The molecule has 2 aromatic carbocycles. The van der Waals surface area contributed by atoms with Gasteiger partial charge in [0.05, 0.1) is 29.4 Å². The van der Waals surface area contributed by atoms with Crippen LogP contribution in [0.4, 0.5) is 10.1 Å².